The van der Waals surface area contributed by atoms with E-state index in [4.69, 9.17) is 0 Å². The molecule has 17 heavy (non-hydrogen) atoms. The van der Waals surface area contributed by atoms with Crippen LogP contribution in [0.5, 0.6) is 0 Å². The van der Waals surface area contributed by atoms with Crippen molar-refractivity contribution in [2.45, 2.75) is 32.7 Å². The predicted octanol–water partition coefficient (Wildman–Crippen LogP) is 1.47. The van der Waals surface area contributed by atoms with Crippen LogP contribution in [-0.4, -0.2) is 67.0 Å². The lowest BCUT2D eigenvalue weighted by Gasteiger charge is -2.54. The second kappa shape index (κ2) is 4.48. The van der Waals surface area contributed by atoms with Gasteiger partial charge in [0.1, 0.15) is 0 Å². The van der Waals surface area contributed by atoms with Gasteiger partial charge in [0.25, 0.3) is 0 Å². The summed E-state index contributed by atoms with van der Waals surface area (Å²) in [4.78, 5) is 18.0. The molecule has 2 saturated heterocycles. The number of hydrogen-bond acceptors (Lipinski definition) is 2. The van der Waals surface area contributed by atoms with Crippen LogP contribution in [0.25, 0.3) is 0 Å². The van der Waals surface area contributed by atoms with Crippen molar-refractivity contribution >= 4 is 6.03 Å². The van der Waals surface area contributed by atoms with Crippen molar-refractivity contribution in [1.82, 2.24) is 14.7 Å². The minimum atomic E-state index is 0.168. The Morgan fingerprint density at radius 2 is 1.71 bits per heavy atom. The SMILES string of the molecule is CC(C)N1CCC2(CC1)CN(C(=O)N(C)C)C2. The summed E-state index contributed by atoms with van der Waals surface area (Å²) >= 11 is 0. The van der Waals surface area contributed by atoms with Gasteiger partial charge in [-0.25, -0.2) is 4.79 Å². The zero-order valence-corrected chi connectivity index (χ0v) is 11.6. The minimum absolute atomic E-state index is 0.168. The van der Waals surface area contributed by atoms with Gasteiger partial charge >= 0.3 is 6.03 Å². The van der Waals surface area contributed by atoms with Crippen molar-refractivity contribution in [3.63, 3.8) is 0 Å². The number of nitrogens with zero attached hydrogens (tertiary/aromatic N) is 3. The zero-order chi connectivity index (χ0) is 12.6. The van der Waals surface area contributed by atoms with Crippen LogP contribution < -0.4 is 0 Å². The molecule has 0 unspecified atom stereocenters. The first-order valence-corrected chi connectivity index (χ1v) is 6.64. The third-order valence-corrected chi connectivity index (χ3v) is 4.29. The van der Waals surface area contributed by atoms with E-state index in [1.807, 2.05) is 19.0 Å². The molecule has 2 rings (SSSR count). The average molecular weight is 239 g/mol. The summed E-state index contributed by atoms with van der Waals surface area (Å²) in [6.07, 6.45) is 2.50. The maximum atomic E-state index is 11.8. The summed E-state index contributed by atoms with van der Waals surface area (Å²) in [5, 5.41) is 0. The summed E-state index contributed by atoms with van der Waals surface area (Å²) < 4.78 is 0. The molecule has 98 valence electrons. The Kier molecular flexibility index (Phi) is 3.34. The number of amides is 2. The molecule has 4 nitrogen and oxygen atoms in total. The molecule has 2 amide bonds. The fraction of sp³-hybridized carbons (Fsp3) is 0.923. The Bertz CT molecular complexity index is 285. The Hall–Kier alpha value is -0.770. The standard InChI is InChI=1S/C13H25N3O/c1-11(2)15-7-5-13(6-8-15)9-16(10-13)12(17)14(3)4/h11H,5-10H2,1-4H3. The molecule has 2 aliphatic heterocycles. The second-order valence-electron chi connectivity index (χ2n) is 6.16. The summed E-state index contributed by atoms with van der Waals surface area (Å²) in [6, 6.07) is 0.828. The van der Waals surface area contributed by atoms with Gasteiger partial charge in [0.05, 0.1) is 0 Å². The lowest BCUT2D eigenvalue weighted by Crippen LogP contribution is -2.63. The molecule has 0 aliphatic carbocycles. The fourth-order valence-electron chi connectivity index (χ4n) is 3.01. The molecule has 2 fully saturated rings. The second-order valence-corrected chi connectivity index (χ2v) is 6.16. The van der Waals surface area contributed by atoms with Crippen molar-refractivity contribution in [3.05, 3.63) is 0 Å². The van der Waals surface area contributed by atoms with Crippen LogP contribution in [0.4, 0.5) is 4.79 Å². The van der Waals surface area contributed by atoms with Crippen LogP contribution in [0.3, 0.4) is 0 Å². The maximum absolute atomic E-state index is 11.8. The van der Waals surface area contributed by atoms with Crippen LogP contribution in [-0.2, 0) is 0 Å². The van der Waals surface area contributed by atoms with Gasteiger partial charge < -0.3 is 14.7 Å². The number of likely N-dealkylation sites (tertiary alicyclic amines) is 2. The molecule has 2 aliphatic rings. The highest BCUT2D eigenvalue weighted by atomic mass is 16.2. The Morgan fingerprint density at radius 1 is 1.18 bits per heavy atom. The molecular weight excluding hydrogens is 214 g/mol. The summed E-state index contributed by atoms with van der Waals surface area (Å²) in [6.45, 7) is 8.86. The van der Waals surface area contributed by atoms with E-state index in [1.54, 1.807) is 4.90 Å². The first kappa shape index (κ1) is 12.7. The normalized spacial score (nSPS) is 23.9. The van der Waals surface area contributed by atoms with Crippen molar-refractivity contribution in [3.8, 4) is 0 Å². The fourth-order valence-corrected chi connectivity index (χ4v) is 3.01. The largest absolute Gasteiger partial charge is 0.331 e. The van der Waals surface area contributed by atoms with Crippen LogP contribution in [0.15, 0.2) is 0 Å². The first-order valence-electron chi connectivity index (χ1n) is 6.64. The van der Waals surface area contributed by atoms with Gasteiger partial charge in [-0.15, -0.1) is 0 Å². The van der Waals surface area contributed by atoms with Crippen LogP contribution in [0, 0.1) is 5.41 Å². The highest BCUT2D eigenvalue weighted by molar-refractivity contribution is 5.74. The molecule has 1 spiro atoms. The molecule has 0 atom stereocenters. The van der Waals surface area contributed by atoms with E-state index in [0.29, 0.717) is 11.5 Å². The molecule has 0 N–H and O–H groups in total. The Morgan fingerprint density at radius 3 is 2.12 bits per heavy atom. The van der Waals surface area contributed by atoms with Crippen molar-refractivity contribution in [1.29, 1.82) is 0 Å². The Labute approximate surface area is 105 Å². The number of urea groups is 1. The molecule has 2 heterocycles. The molecule has 0 aromatic rings. The molecule has 0 aromatic carbocycles. The van der Waals surface area contributed by atoms with E-state index >= 15 is 0 Å². The van der Waals surface area contributed by atoms with Crippen LogP contribution in [0.1, 0.15) is 26.7 Å². The lowest BCUT2D eigenvalue weighted by molar-refractivity contribution is -0.0327. The maximum Gasteiger partial charge on any atom is 0.319 e. The number of piperidine rings is 1. The summed E-state index contributed by atoms with van der Waals surface area (Å²) in [7, 11) is 3.66. The lowest BCUT2D eigenvalue weighted by atomic mass is 9.72. The number of rotatable bonds is 1. The zero-order valence-electron chi connectivity index (χ0n) is 11.6. The monoisotopic (exact) mass is 239 g/mol. The van der Waals surface area contributed by atoms with Crippen molar-refractivity contribution in [2.75, 3.05) is 40.3 Å². The predicted molar refractivity (Wildman–Crippen MR) is 69.0 cm³/mol. The third-order valence-electron chi connectivity index (χ3n) is 4.29. The molecule has 0 radical (unpaired) electrons. The number of carbonyl (C=O) groups excluding carboxylic acids is 1. The van der Waals surface area contributed by atoms with E-state index < -0.39 is 0 Å². The molecule has 0 bridgehead atoms. The topological polar surface area (TPSA) is 26.8 Å². The van der Waals surface area contributed by atoms with E-state index in [2.05, 4.69) is 18.7 Å². The highest BCUT2D eigenvalue weighted by Crippen LogP contribution is 2.40. The van der Waals surface area contributed by atoms with Gasteiger partial charge in [0.2, 0.25) is 0 Å². The molecule has 0 saturated carbocycles. The third kappa shape index (κ3) is 2.41. The van der Waals surface area contributed by atoms with Gasteiger partial charge in [-0.1, -0.05) is 0 Å². The Balaban J connectivity index is 1.81. The van der Waals surface area contributed by atoms with E-state index in [1.165, 1.54) is 25.9 Å². The van der Waals surface area contributed by atoms with Gasteiger partial charge in [-0.05, 0) is 39.8 Å². The summed E-state index contributed by atoms with van der Waals surface area (Å²) in [5.41, 5.74) is 0.442. The summed E-state index contributed by atoms with van der Waals surface area (Å²) in [5.74, 6) is 0. The highest BCUT2D eigenvalue weighted by Gasteiger charge is 2.47. The van der Waals surface area contributed by atoms with Gasteiger partial charge in [0, 0.05) is 38.6 Å². The van der Waals surface area contributed by atoms with E-state index in [9.17, 15) is 4.79 Å². The smallest absolute Gasteiger partial charge is 0.319 e. The van der Waals surface area contributed by atoms with Crippen LogP contribution in [0.2, 0.25) is 0 Å². The van der Waals surface area contributed by atoms with Crippen LogP contribution >= 0.6 is 0 Å². The number of hydrogen-bond donors (Lipinski definition) is 0. The molecule has 4 heteroatoms. The van der Waals surface area contributed by atoms with E-state index in [0.717, 1.165) is 13.1 Å². The van der Waals surface area contributed by atoms with Gasteiger partial charge in [-0.2, -0.15) is 0 Å². The van der Waals surface area contributed by atoms with Crippen molar-refractivity contribution in [2.24, 2.45) is 5.41 Å². The average Bonchev–Trinajstić information content (AvgIpc) is 2.24. The van der Waals surface area contributed by atoms with Crippen molar-refractivity contribution < 1.29 is 4.79 Å². The molecule has 0 aromatic heterocycles. The van der Waals surface area contributed by atoms with Gasteiger partial charge in [0.15, 0.2) is 0 Å². The molecular formula is C13H25N3O. The quantitative estimate of drug-likeness (QED) is 0.693. The van der Waals surface area contributed by atoms with E-state index in [-0.39, 0.29) is 6.03 Å². The van der Waals surface area contributed by atoms with Gasteiger partial charge in [-0.3, -0.25) is 0 Å². The first-order chi connectivity index (χ1) is 7.93. The number of carbonyl (C=O) groups is 1. The minimum Gasteiger partial charge on any atom is -0.331 e.